The van der Waals surface area contributed by atoms with Crippen molar-refractivity contribution < 1.29 is 21.6 Å². The van der Waals surface area contributed by atoms with Gasteiger partial charge in [0.25, 0.3) is 0 Å². The van der Waals surface area contributed by atoms with Gasteiger partial charge in [-0.2, -0.15) is 5.26 Å². The van der Waals surface area contributed by atoms with E-state index in [1.165, 1.54) is 11.1 Å². The maximum atomic E-state index is 12.2. The molecule has 2 N–H and O–H groups in total. The molecule has 0 bridgehead atoms. The Bertz CT molecular complexity index is 1460. The number of nitrogens with one attached hydrogen (secondary N) is 2. The monoisotopic (exact) mass is 580 g/mol. The third-order valence-electron chi connectivity index (χ3n) is 7.71. The number of ether oxygens (including phenoxy) is 1. The molecule has 1 aliphatic carbocycles. The maximum absolute atomic E-state index is 12.2. The first kappa shape index (κ1) is 28.6. The van der Waals surface area contributed by atoms with Crippen LogP contribution in [0.4, 0.5) is 5.69 Å². The van der Waals surface area contributed by atoms with Crippen LogP contribution in [0.25, 0.3) is 0 Å². The Morgan fingerprint density at radius 1 is 1.03 bits per heavy atom. The van der Waals surface area contributed by atoms with Crippen LogP contribution in [0, 0.1) is 11.3 Å². The summed E-state index contributed by atoms with van der Waals surface area (Å²) in [7, 11) is -6.98. The van der Waals surface area contributed by atoms with Crippen LogP contribution >= 0.6 is 12.4 Å². The van der Waals surface area contributed by atoms with Crippen LogP contribution in [-0.4, -0.2) is 59.0 Å². The van der Waals surface area contributed by atoms with E-state index in [4.69, 9.17) is 4.74 Å². The fourth-order valence-electron chi connectivity index (χ4n) is 6.03. The summed E-state index contributed by atoms with van der Waals surface area (Å²) in [5.41, 5.74) is 3.81. The van der Waals surface area contributed by atoms with Gasteiger partial charge in [-0.05, 0) is 73.6 Å². The number of piperidine rings is 1. The van der Waals surface area contributed by atoms with Crippen molar-refractivity contribution in [3.63, 3.8) is 0 Å². The number of sulfonamides is 2. The minimum atomic E-state index is -3.51. The van der Waals surface area contributed by atoms with Gasteiger partial charge in [-0.1, -0.05) is 6.07 Å². The lowest BCUT2D eigenvalue weighted by molar-refractivity contribution is -0.0336. The van der Waals surface area contributed by atoms with E-state index < -0.39 is 31.7 Å². The molecule has 9 nitrogen and oxygen atoms in total. The van der Waals surface area contributed by atoms with Gasteiger partial charge in [-0.3, -0.25) is 9.62 Å². The van der Waals surface area contributed by atoms with Gasteiger partial charge in [0.1, 0.15) is 11.4 Å². The molecule has 0 radical (unpaired) electrons. The largest absolute Gasteiger partial charge is 0.487 e. The number of hydrogen-bond acceptors (Lipinski definition) is 7. The number of benzene rings is 2. The summed E-state index contributed by atoms with van der Waals surface area (Å²) in [6, 6.07) is 13.2. The van der Waals surface area contributed by atoms with Gasteiger partial charge >= 0.3 is 0 Å². The van der Waals surface area contributed by atoms with Crippen molar-refractivity contribution in [3.8, 4) is 11.8 Å². The Kier molecular flexibility index (Phi) is 8.04. The van der Waals surface area contributed by atoms with Crippen molar-refractivity contribution in [3.05, 3.63) is 58.7 Å². The van der Waals surface area contributed by atoms with E-state index in [0.717, 1.165) is 57.7 Å². The average Bonchev–Trinajstić information content (AvgIpc) is 2.82. The highest BCUT2D eigenvalue weighted by atomic mass is 35.5. The normalized spacial score (nSPS) is 22.8. The Morgan fingerprint density at radius 2 is 1.76 bits per heavy atom. The molecule has 206 valence electrons. The van der Waals surface area contributed by atoms with Crippen molar-refractivity contribution >= 4 is 38.1 Å². The summed E-state index contributed by atoms with van der Waals surface area (Å²) in [4.78, 5) is 2.52. The quantitative estimate of drug-likeness (QED) is 0.556. The number of halogens is 1. The number of anilines is 1. The third-order valence-corrected chi connectivity index (χ3v) is 9.03. The molecule has 0 unspecified atom stereocenters. The van der Waals surface area contributed by atoms with E-state index in [0.29, 0.717) is 35.0 Å². The molecule has 1 spiro atoms. The summed E-state index contributed by atoms with van der Waals surface area (Å²) < 4.78 is 59.6. The van der Waals surface area contributed by atoms with E-state index in [1.54, 1.807) is 18.2 Å². The first-order valence-corrected chi connectivity index (χ1v) is 16.2. The fraction of sp³-hybridized carbons (Fsp3) is 0.500. The Labute approximate surface area is 231 Å². The molecule has 2 atom stereocenters. The first-order valence-electron chi connectivity index (χ1n) is 12.5. The molecule has 12 heteroatoms. The molecule has 3 aliphatic rings. The molecular weight excluding hydrogens is 548 g/mol. The number of nitrogens with zero attached hydrogens (tertiary/aromatic N) is 2. The van der Waals surface area contributed by atoms with Crippen molar-refractivity contribution in [1.82, 2.24) is 9.62 Å². The van der Waals surface area contributed by atoms with Crippen molar-refractivity contribution in [1.29, 1.82) is 5.26 Å². The molecule has 1 saturated heterocycles. The van der Waals surface area contributed by atoms with Crippen LogP contribution in [0.3, 0.4) is 0 Å². The van der Waals surface area contributed by atoms with Crippen LogP contribution in [0.5, 0.6) is 5.75 Å². The predicted molar refractivity (Wildman–Crippen MR) is 149 cm³/mol. The minimum absolute atomic E-state index is 0. The highest BCUT2D eigenvalue weighted by Crippen LogP contribution is 2.46. The van der Waals surface area contributed by atoms with Crippen LogP contribution in [0.15, 0.2) is 36.4 Å². The molecule has 2 aromatic carbocycles. The van der Waals surface area contributed by atoms with E-state index in [2.05, 4.69) is 26.5 Å². The minimum Gasteiger partial charge on any atom is -0.487 e. The second-order valence-corrected chi connectivity index (χ2v) is 14.1. The van der Waals surface area contributed by atoms with Gasteiger partial charge in [0.2, 0.25) is 20.0 Å². The second kappa shape index (κ2) is 10.7. The lowest BCUT2D eigenvalue weighted by Gasteiger charge is -2.49. The van der Waals surface area contributed by atoms with Crippen molar-refractivity contribution in [2.24, 2.45) is 0 Å². The van der Waals surface area contributed by atoms with Gasteiger partial charge in [-0.25, -0.2) is 21.6 Å². The zero-order valence-corrected chi connectivity index (χ0v) is 23.9. The van der Waals surface area contributed by atoms with Crippen LogP contribution < -0.4 is 14.2 Å². The molecule has 1 fully saturated rings. The molecular formula is C26H33ClN4O5S2. The van der Waals surface area contributed by atoms with Crippen molar-refractivity contribution in [2.75, 3.05) is 30.3 Å². The van der Waals surface area contributed by atoms with E-state index in [-0.39, 0.29) is 12.4 Å². The zero-order chi connectivity index (χ0) is 26.4. The second-order valence-electron chi connectivity index (χ2n) is 10.6. The Balaban J connectivity index is 0.00000336. The van der Waals surface area contributed by atoms with Crippen LogP contribution in [-0.2, 0) is 32.9 Å². The molecule has 5 rings (SSSR count). The fourth-order valence-corrected chi connectivity index (χ4v) is 7.31. The number of likely N-dealkylation sites (tertiary alicyclic amines) is 1. The Morgan fingerprint density at radius 3 is 2.42 bits per heavy atom. The van der Waals surface area contributed by atoms with Gasteiger partial charge < -0.3 is 4.74 Å². The SMILES string of the molecule is CS(=O)(=O)Nc1ccc2c(c1)[C@@H](NS(C)(=O)=O)CC1(CCN([C@@H]3CCc4cc(C#N)ccc4C3)CC1)O2.Cl. The van der Waals surface area contributed by atoms with Gasteiger partial charge in [0.05, 0.1) is 30.2 Å². The standard InChI is InChI=1S/C26H32N4O5S2.ClH/c1-36(31,32)28-21-6-8-25-23(15-21)24(29-37(2,33)34)16-26(35-25)9-11-30(12-10-26)22-7-5-19-13-18(17-27)3-4-20(19)14-22;/h3-4,6,8,13,15,22,24,28-29H,5,7,9-12,14,16H2,1-2H3;1H/t22-,24+;/m1./s1. The van der Waals surface area contributed by atoms with Crippen molar-refractivity contribution in [2.45, 2.75) is 56.2 Å². The molecule has 2 heterocycles. The lowest BCUT2D eigenvalue weighted by atomic mass is 9.79. The smallest absolute Gasteiger partial charge is 0.229 e. The third kappa shape index (κ3) is 6.43. The van der Waals surface area contributed by atoms with Gasteiger partial charge in [0.15, 0.2) is 0 Å². The number of fused-ring (bicyclic) bond motifs is 2. The number of rotatable bonds is 5. The topological polar surface area (TPSA) is 129 Å². The van der Waals surface area contributed by atoms with E-state index in [9.17, 15) is 22.1 Å². The molecule has 0 aromatic heterocycles. The predicted octanol–water partition coefficient (Wildman–Crippen LogP) is 3.12. The van der Waals surface area contributed by atoms with E-state index >= 15 is 0 Å². The summed E-state index contributed by atoms with van der Waals surface area (Å²) in [6.07, 6.45) is 7.21. The lowest BCUT2D eigenvalue weighted by Crippen LogP contribution is -2.54. The number of nitriles is 1. The summed E-state index contributed by atoms with van der Waals surface area (Å²) in [6.45, 7) is 1.70. The molecule has 38 heavy (non-hydrogen) atoms. The maximum Gasteiger partial charge on any atom is 0.229 e. The van der Waals surface area contributed by atoms with Crippen LogP contribution in [0.2, 0.25) is 0 Å². The Hall–Kier alpha value is -2.36. The highest BCUT2D eigenvalue weighted by molar-refractivity contribution is 7.92. The summed E-state index contributed by atoms with van der Waals surface area (Å²) in [5.74, 6) is 0.583. The molecule has 2 aliphatic heterocycles. The van der Waals surface area contributed by atoms with E-state index in [1.807, 2.05) is 12.1 Å². The average molecular weight is 581 g/mol. The molecule has 2 aromatic rings. The van der Waals surface area contributed by atoms with Gasteiger partial charge in [0, 0.05) is 36.8 Å². The number of aryl methyl sites for hydroxylation is 1. The molecule has 0 saturated carbocycles. The summed E-state index contributed by atoms with van der Waals surface area (Å²) in [5, 5.41) is 9.18. The van der Waals surface area contributed by atoms with Gasteiger partial charge in [-0.15, -0.1) is 12.4 Å². The number of hydrogen-bond donors (Lipinski definition) is 2. The van der Waals surface area contributed by atoms with Crippen LogP contribution in [0.1, 0.15) is 54.0 Å². The summed E-state index contributed by atoms with van der Waals surface area (Å²) >= 11 is 0. The first-order chi connectivity index (χ1) is 17.4. The zero-order valence-electron chi connectivity index (χ0n) is 21.4. The highest BCUT2D eigenvalue weighted by Gasteiger charge is 2.45. The molecule has 0 amide bonds.